The second-order valence-electron chi connectivity index (χ2n) is 3.07. The van der Waals surface area contributed by atoms with E-state index in [1.54, 1.807) is 0 Å². The average molecular weight is 243 g/mol. The van der Waals surface area contributed by atoms with Crippen molar-refractivity contribution >= 4 is 11.9 Å². The summed E-state index contributed by atoms with van der Waals surface area (Å²) < 4.78 is 0. The highest BCUT2D eigenvalue weighted by Gasteiger charge is 2.15. The third-order valence-corrected chi connectivity index (χ3v) is 1.75. The molecule has 0 aliphatic rings. The predicted molar refractivity (Wildman–Crippen MR) is 53.7 cm³/mol. The van der Waals surface area contributed by atoms with Gasteiger partial charge < -0.3 is 20.5 Å². The second kappa shape index (κ2) is 5.07. The molecule has 0 aromatic carbocycles. The van der Waals surface area contributed by atoms with Crippen molar-refractivity contribution in [2.75, 3.05) is 6.54 Å². The standard InChI is InChI=1S/C8H9N3O6/c12-4(7(15)16)2-9-6(14)3-1-5(13)11-8(17)10-3/h1,4,12H,2H2,(H,9,14)(H,15,16)(H2,10,11,13,17)/t4-/m0/s1. The van der Waals surface area contributed by atoms with Crippen LogP contribution in [-0.2, 0) is 4.79 Å². The maximum Gasteiger partial charge on any atom is 0.334 e. The van der Waals surface area contributed by atoms with Gasteiger partial charge in [0.25, 0.3) is 11.5 Å². The summed E-state index contributed by atoms with van der Waals surface area (Å²) in [5.74, 6) is -2.36. The van der Waals surface area contributed by atoms with Crippen molar-refractivity contribution in [1.82, 2.24) is 15.3 Å². The lowest BCUT2D eigenvalue weighted by Crippen LogP contribution is -2.38. The Labute approximate surface area is 93.1 Å². The van der Waals surface area contributed by atoms with E-state index in [4.69, 9.17) is 10.2 Å². The maximum atomic E-state index is 11.3. The normalized spacial score (nSPS) is 11.8. The van der Waals surface area contributed by atoms with Crippen molar-refractivity contribution in [3.8, 4) is 0 Å². The number of aromatic amines is 2. The van der Waals surface area contributed by atoms with Crippen molar-refractivity contribution in [1.29, 1.82) is 0 Å². The first-order valence-electron chi connectivity index (χ1n) is 4.43. The largest absolute Gasteiger partial charge is 0.479 e. The van der Waals surface area contributed by atoms with E-state index in [2.05, 4.69) is 0 Å². The first-order chi connectivity index (χ1) is 7.90. The second-order valence-corrected chi connectivity index (χ2v) is 3.07. The molecule has 0 aliphatic carbocycles. The van der Waals surface area contributed by atoms with E-state index in [0.29, 0.717) is 0 Å². The number of hydrogen-bond acceptors (Lipinski definition) is 5. The Hall–Kier alpha value is -2.42. The van der Waals surface area contributed by atoms with Crippen LogP contribution in [0, 0.1) is 0 Å². The Kier molecular flexibility index (Phi) is 3.78. The highest BCUT2D eigenvalue weighted by atomic mass is 16.4. The van der Waals surface area contributed by atoms with E-state index in [9.17, 15) is 19.2 Å². The number of aliphatic hydroxyl groups is 1. The van der Waals surface area contributed by atoms with Crippen LogP contribution in [0.5, 0.6) is 0 Å². The summed E-state index contributed by atoms with van der Waals surface area (Å²) in [6.45, 7) is -0.539. The minimum Gasteiger partial charge on any atom is -0.479 e. The number of aliphatic carboxylic acids is 1. The molecule has 0 unspecified atom stereocenters. The molecule has 1 rings (SSSR count). The van der Waals surface area contributed by atoms with Crippen molar-refractivity contribution in [3.63, 3.8) is 0 Å². The van der Waals surface area contributed by atoms with Gasteiger partial charge in [0.1, 0.15) is 5.69 Å². The molecule has 0 aliphatic heterocycles. The Morgan fingerprint density at radius 2 is 2.00 bits per heavy atom. The van der Waals surface area contributed by atoms with Crippen LogP contribution < -0.4 is 16.6 Å². The number of aliphatic hydroxyl groups excluding tert-OH is 1. The summed E-state index contributed by atoms with van der Waals surface area (Å²) in [4.78, 5) is 47.2. The van der Waals surface area contributed by atoms with Crippen LogP contribution in [0.25, 0.3) is 0 Å². The van der Waals surface area contributed by atoms with Gasteiger partial charge in [-0.15, -0.1) is 0 Å². The number of carbonyl (C=O) groups is 2. The molecule has 0 radical (unpaired) electrons. The molecule has 1 atom stereocenters. The summed E-state index contributed by atoms with van der Waals surface area (Å²) in [7, 11) is 0. The van der Waals surface area contributed by atoms with E-state index in [0.717, 1.165) is 6.07 Å². The van der Waals surface area contributed by atoms with Crippen LogP contribution in [0.4, 0.5) is 0 Å². The van der Waals surface area contributed by atoms with Crippen LogP contribution >= 0.6 is 0 Å². The van der Waals surface area contributed by atoms with Gasteiger partial charge in [-0.2, -0.15) is 0 Å². The van der Waals surface area contributed by atoms with Gasteiger partial charge in [-0.1, -0.05) is 0 Å². The number of carbonyl (C=O) groups excluding carboxylic acids is 1. The van der Waals surface area contributed by atoms with Crippen molar-refractivity contribution in [2.45, 2.75) is 6.10 Å². The zero-order valence-electron chi connectivity index (χ0n) is 8.39. The van der Waals surface area contributed by atoms with Gasteiger partial charge in [0.15, 0.2) is 6.10 Å². The van der Waals surface area contributed by atoms with E-state index in [1.165, 1.54) is 0 Å². The predicted octanol–water partition coefficient (Wildman–Crippen LogP) is -2.76. The zero-order chi connectivity index (χ0) is 13.0. The molecule has 1 heterocycles. The van der Waals surface area contributed by atoms with Crippen LogP contribution in [0.2, 0.25) is 0 Å². The quantitative estimate of drug-likeness (QED) is 0.386. The van der Waals surface area contributed by atoms with Gasteiger partial charge in [-0.05, 0) is 0 Å². The average Bonchev–Trinajstić information content (AvgIpc) is 2.23. The molecule has 1 amide bonds. The molecule has 1 aromatic rings. The van der Waals surface area contributed by atoms with E-state index in [-0.39, 0.29) is 5.69 Å². The summed E-state index contributed by atoms with van der Waals surface area (Å²) in [6.07, 6.45) is -1.76. The van der Waals surface area contributed by atoms with E-state index < -0.39 is 35.8 Å². The van der Waals surface area contributed by atoms with Gasteiger partial charge in [0.2, 0.25) is 0 Å². The minimum atomic E-state index is -1.76. The summed E-state index contributed by atoms with van der Waals surface area (Å²) >= 11 is 0. The minimum absolute atomic E-state index is 0.323. The Bertz CT molecular complexity index is 516. The molecule has 0 saturated carbocycles. The fourth-order valence-corrected chi connectivity index (χ4v) is 0.963. The van der Waals surface area contributed by atoms with Crippen LogP contribution in [0.15, 0.2) is 15.7 Å². The highest BCUT2D eigenvalue weighted by molar-refractivity contribution is 5.92. The topological polar surface area (TPSA) is 152 Å². The van der Waals surface area contributed by atoms with Gasteiger partial charge >= 0.3 is 11.7 Å². The molecule has 0 saturated heterocycles. The number of carboxylic acids is 1. The molecule has 5 N–H and O–H groups in total. The fraction of sp³-hybridized carbons (Fsp3) is 0.250. The lowest BCUT2D eigenvalue weighted by Gasteiger charge is -2.06. The van der Waals surface area contributed by atoms with Gasteiger partial charge in [0, 0.05) is 6.07 Å². The van der Waals surface area contributed by atoms with Crippen molar-refractivity contribution < 1.29 is 19.8 Å². The third-order valence-electron chi connectivity index (χ3n) is 1.75. The number of rotatable bonds is 4. The van der Waals surface area contributed by atoms with E-state index >= 15 is 0 Å². The number of amides is 1. The number of aromatic nitrogens is 2. The summed E-state index contributed by atoms with van der Waals surface area (Å²) in [6, 6.07) is 0.837. The third kappa shape index (κ3) is 3.57. The number of H-pyrrole nitrogens is 2. The van der Waals surface area contributed by atoms with Crippen LogP contribution in [-0.4, -0.2) is 44.7 Å². The Morgan fingerprint density at radius 3 is 2.53 bits per heavy atom. The van der Waals surface area contributed by atoms with Gasteiger partial charge in [0.05, 0.1) is 6.54 Å². The van der Waals surface area contributed by atoms with Crippen LogP contribution in [0.1, 0.15) is 10.5 Å². The van der Waals surface area contributed by atoms with Gasteiger partial charge in [-0.25, -0.2) is 9.59 Å². The first kappa shape index (κ1) is 12.6. The van der Waals surface area contributed by atoms with E-state index in [1.807, 2.05) is 15.3 Å². The lowest BCUT2D eigenvalue weighted by atomic mass is 10.3. The molecule has 0 fully saturated rings. The molecule has 1 aromatic heterocycles. The SMILES string of the molecule is O=C(NC[C@H](O)C(=O)O)c1cc(=O)[nH]c(=O)[nH]1. The summed E-state index contributed by atoms with van der Waals surface area (Å²) in [5, 5.41) is 19.3. The molecule has 0 bridgehead atoms. The van der Waals surface area contributed by atoms with Crippen molar-refractivity contribution in [3.05, 3.63) is 32.6 Å². The number of hydrogen-bond donors (Lipinski definition) is 5. The number of carboxylic acid groups (broad SMARTS) is 1. The Balaban J connectivity index is 2.74. The number of nitrogens with one attached hydrogen (secondary N) is 3. The molecule has 9 nitrogen and oxygen atoms in total. The summed E-state index contributed by atoms with van der Waals surface area (Å²) in [5.41, 5.74) is -1.95. The first-order valence-corrected chi connectivity index (χ1v) is 4.43. The molecule has 0 spiro atoms. The maximum absolute atomic E-state index is 11.3. The molecule has 9 heteroatoms. The molecular weight excluding hydrogens is 234 g/mol. The molecule has 92 valence electrons. The molecular formula is C8H9N3O6. The molecule has 17 heavy (non-hydrogen) atoms. The van der Waals surface area contributed by atoms with Crippen LogP contribution in [0.3, 0.4) is 0 Å². The highest BCUT2D eigenvalue weighted by Crippen LogP contribution is 1.87. The Morgan fingerprint density at radius 1 is 1.35 bits per heavy atom. The zero-order valence-corrected chi connectivity index (χ0v) is 8.39. The smallest absolute Gasteiger partial charge is 0.334 e. The van der Waals surface area contributed by atoms with Gasteiger partial charge in [-0.3, -0.25) is 14.6 Å². The fourth-order valence-electron chi connectivity index (χ4n) is 0.963. The monoisotopic (exact) mass is 243 g/mol. The lowest BCUT2D eigenvalue weighted by molar-refractivity contribution is -0.146. The van der Waals surface area contributed by atoms with Crippen molar-refractivity contribution in [2.24, 2.45) is 0 Å².